The van der Waals surface area contributed by atoms with Gasteiger partial charge < -0.3 is 4.90 Å². The first-order valence-corrected chi connectivity index (χ1v) is 9.00. The molecule has 0 aromatic heterocycles. The lowest BCUT2D eigenvalue weighted by Crippen LogP contribution is -2.72. The van der Waals surface area contributed by atoms with Gasteiger partial charge >= 0.3 is 6.03 Å². The number of nitro groups is 1. The van der Waals surface area contributed by atoms with Crippen molar-refractivity contribution in [2.45, 2.75) is 45.2 Å². The number of rotatable bonds is 2. The number of carbonyl (C=O) groups is 3. The fourth-order valence-electron chi connectivity index (χ4n) is 4.68. The smallest absolute Gasteiger partial charge is 0.331 e. The van der Waals surface area contributed by atoms with Gasteiger partial charge in [0.05, 0.1) is 11.0 Å². The number of barbiturate groups is 1. The Morgan fingerprint density at radius 1 is 1.30 bits per heavy atom. The average Bonchev–Trinajstić information content (AvgIpc) is 3.09. The molecule has 0 saturated carbocycles. The number of nitro benzene ring substituents is 1. The molecule has 3 aliphatic heterocycles. The molecule has 4 rings (SSSR count). The van der Waals surface area contributed by atoms with Crippen molar-refractivity contribution in [3.8, 4) is 0 Å². The predicted molar refractivity (Wildman–Crippen MR) is 95.1 cm³/mol. The van der Waals surface area contributed by atoms with Crippen LogP contribution in [0.15, 0.2) is 18.2 Å². The highest BCUT2D eigenvalue weighted by Gasteiger charge is 2.63. The first-order chi connectivity index (χ1) is 12.8. The molecular formula is C18H20N4O5. The van der Waals surface area contributed by atoms with Crippen LogP contribution in [0.1, 0.15) is 32.3 Å². The van der Waals surface area contributed by atoms with E-state index in [4.69, 9.17) is 0 Å². The Morgan fingerprint density at radius 2 is 2.04 bits per heavy atom. The molecule has 3 heterocycles. The summed E-state index contributed by atoms with van der Waals surface area (Å²) in [6.07, 6.45) is 1.50. The van der Waals surface area contributed by atoms with Crippen molar-refractivity contribution in [2.24, 2.45) is 5.41 Å². The minimum atomic E-state index is -1.45. The van der Waals surface area contributed by atoms with Crippen LogP contribution in [-0.2, 0) is 16.0 Å². The number of benzene rings is 1. The third kappa shape index (κ3) is 2.27. The molecule has 1 aromatic rings. The van der Waals surface area contributed by atoms with Gasteiger partial charge in [-0.05, 0) is 38.3 Å². The number of nitrogens with one attached hydrogen (secondary N) is 1. The van der Waals surface area contributed by atoms with Crippen LogP contribution in [0.5, 0.6) is 0 Å². The zero-order chi connectivity index (χ0) is 19.5. The summed E-state index contributed by atoms with van der Waals surface area (Å²) < 4.78 is 0. The molecule has 9 nitrogen and oxygen atoms in total. The van der Waals surface area contributed by atoms with Gasteiger partial charge in [-0.1, -0.05) is 0 Å². The molecule has 0 unspecified atom stereocenters. The van der Waals surface area contributed by atoms with E-state index in [2.05, 4.69) is 5.32 Å². The maximum atomic E-state index is 13.4. The van der Waals surface area contributed by atoms with Crippen molar-refractivity contribution >= 4 is 29.2 Å². The van der Waals surface area contributed by atoms with Crippen molar-refractivity contribution in [2.75, 3.05) is 11.4 Å². The lowest BCUT2D eigenvalue weighted by Gasteiger charge is -2.50. The van der Waals surface area contributed by atoms with Crippen molar-refractivity contribution in [1.82, 2.24) is 10.2 Å². The van der Waals surface area contributed by atoms with Crippen LogP contribution >= 0.6 is 0 Å². The fraction of sp³-hybridized carbons (Fsp3) is 0.500. The summed E-state index contributed by atoms with van der Waals surface area (Å²) in [7, 11) is 0. The molecule has 2 saturated heterocycles. The Bertz CT molecular complexity index is 883. The van der Waals surface area contributed by atoms with E-state index in [1.54, 1.807) is 19.9 Å². The first kappa shape index (κ1) is 17.4. The molecule has 0 aliphatic carbocycles. The summed E-state index contributed by atoms with van der Waals surface area (Å²) in [6, 6.07) is 3.09. The van der Waals surface area contributed by atoms with E-state index in [0.717, 1.165) is 17.0 Å². The van der Waals surface area contributed by atoms with Gasteiger partial charge in [-0.25, -0.2) is 4.79 Å². The number of imide groups is 2. The van der Waals surface area contributed by atoms with E-state index >= 15 is 0 Å². The minimum absolute atomic E-state index is 0.0480. The summed E-state index contributed by atoms with van der Waals surface area (Å²) in [5.41, 5.74) is -0.120. The molecule has 1 spiro atoms. The Labute approximate surface area is 155 Å². The maximum Gasteiger partial charge on any atom is 0.331 e. The summed E-state index contributed by atoms with van der Waals surface area (Å²) in [5, 5.41) is 13.5. The Balaban J connectivity index is 1.88. The molecule has 9 heteroatoms. The van der Waals surface area contributed by atoms with Gasteiger partial charge in [-0.15, -0.1) is 0 Å². The second kappa shape index (κ2) is 5.77. The van der Waals surface area contributed by atoms with E-state index in [1.165, 1.54) is 12.1 Å². The lowest BCUT2D eigenvalue weighted by molar-refractivity contribution is -0.384. The number of nitrogens with zero attached hydrogens (tertiary/aromatic N) is 3. The van der Waals surface area contributed by atoms with Crippen LogP contribution in [0.2, 0.25) is 0 Å². The number of carbonyl (C=O) groups excluding carboxylic acids is 3. The standard InChI is InChI=1S/C18H20N4O5/c1-10(2)21-16(24)18(15(23)19-17(21)25)9-11-8-12(22(26)27)5-6-13(11)20-7-3-4-14(18)20/h5-6,8,10,14H,3-4,7,9H2,1-2H3,(H,19,23,25)/t14-,18-/m1/s1. The van der Waals surface area contributed by atoms with Gasteiger partial charge in [0, 0.05) is 36.8 Å². The van der Waals surface area contributed by atoms with Crippen LogP contribution in [0.3, 0.4) is 0 Å². The number of amides is 4. The molecule has 1 aromatic carbocycles. The number of fused-ring (bicyclic) bond motifs is 4. The van der Waals surface area contributed by atoms with Crippen LogP contribution in [0.25, 0.3) is 0 Å². The number of hydrogen-bond acceptors (Lipinski definition) is 6. The van der Waals surface area contributed by atoms with E-state index in [1.807, 2.05) is 4.90 Å². The van der Waals surface area contributed by atoms with Crippen molar-refractivity contribution in [1.29, 1.82) is 0 Å². The Morgan fingerprint density at radius 3 is 2.70 bits per heavy atom. The second-order valence-electron chi connectivity index (χ2n) is 7.60. The Kier molecular flexibility index (Phi) is 3.72. The second-order valence-corrected chi connectivity index (χ2v) is 7.60. The van der Waals surface area contributed by atoms with Crippen molar-refractivity contribution in [3.05, 3.63) is 33.9 Å². The SMILES string of the molecule is CC(C)N1C(=O)NC(=O)[C@]2(Cc3cc([N+](=O)[O-])ccc3N3CCC[C@@H]32)C1=O. The lowest BCUT2D eigenvalue weighted by atomic mass is 9.68. The molecule has 27 heavy (non-hydrogen) atoms. The molecule has 0 bridgehead atoms. The molecule has 2 fully saturated rings. The van der Waals surface area contributed by atoms with E-state index < -0.39 is 34.2 Å². The van der Waals surface area contributed by atoms with Crippen LogP contribution in [0, 0.1) is 15.5 Å². The molecule has 1 N–H and O–H groups in total. The highest BCUT2D eigenvalue weighted by atomic mass is 16.6. The van der Waals surface area contributed by atoms with Gasteiger partial charge in [0.2, 0.25) is 11.8 Å². The number of urea groups is 1. The van der Waals surface area contributed by atoms with E-state index in [0.29, 0.717) is 18.5 Å². The monoisotopic (exact) mass is 372 g/mol. The molecule has 4 amide bonds. The highest BCUT2D eigenvalue weighted by molar-refractivity contribution is 6.20. The summed E-state index contributed by atoms with van der Waals surface area (Å²) in [4.78, 5) is 52.4. The minimum Gasteiger partial charge on any atom is -0.367 e. The van der Waals surface area contributed by atoms with Crippen LogP contribution in [0.4, 0.5) is 16.2 Å². The molecular weight excluding hydrogens is 352 g/mol. The molecule has 0 radical (unpaired) electrons. The zero-order valence-electron chi connectivity index (χ0n) is 15.1. The summed E-state index contributed by atoms with van der Waals surface area (Å²) in [6.45, 7) is 4.09. The largest absolute Gasteiger partial charge is 0.367 e. The number of anilines is 1. The van der Waals surface area contributed by atoms with Gasteiger partial charge in [-0.3, -0.25) is 29.9 Å². The average molecular weight is 372 g/mol. The normalized spacial score (nSPS) is 27.1. The third-order valence-corrected chi connectivity index (χ3v) is 5.84. The molecule has 2 atom stereocenters. The van der Waals surface area contributed by atoms with Crippen LogP contribution < -0.4 is 10.2 Å². The molecule has 142 valence electrons. The number of non-ortho nitro benzene ring substituents is 1. The fourth-order valence-corrected chi connectivity index (χ4v) is 4.68. The van der Waals surface area contributed by atoms with Gasteiger partial charge in [0.1, 0.15) is 0 Å². The van der Waals surface area contributed by atoms with Crippen molar-refractivity contribution < 1.29 is 19.3 Å². The van der Waals surface area contributed by atoms with Crippen molar-refractivity contribution in [3.63, 3.8) is 0 Å². The summed E-state index contributed by atoms with van der Waals surface area (Å²) in [5.74, 6) is -1.12. The maximum absolute atomic E-state index is 13.4. The predicted octanol–water partition coefficient (Wildman–Crippen LogP) is 1.59. The summed E-state index contributed by atoms with van der Waals surface area (Å²) >= 11 is 0. The third-order valence-electron chi connectivity index (χ3n) is 5.84. The van der Waals surface area contributed by atoms with E-state index in [-0.39, 0.29) is 18.2 Å². The zero-order valence-corrected chi connectivity index (χ0v) is 15.1. The van der Waals surface area contributed by atoms with E-state index in [9.17, 15) is 24.5 Å². The Hall–Kier alpha value is -2.97. The van der Waals surface area contributed by atoms with Gasteiger partial charge in [0.15, 0.2) is 5.41 Å². The molecule has 3 aliphatic rings. The topological polar surface area (TPSA) is 113 Å². The quantitative estimate of drug-likeness (QED) is 0.479. The van der Waals surface area contributed by atoms with Crippen LogP contribution in [-0.4, -0.2) is 46.3 Å². The number of hydrogen-bond donors (Lipinski definition) is 1. The highest BCUT2D eigenvalue weighted by Crippen LogP contribution is 2.49. The first-order valence-electron chi connectivity index (χ1n) is 9.00. The van der Waals surface area contributed by atoms with Gasteiger partial charge in [0.25, 0.3) is 5.69 Å². The van der Waals surface area contributed by atoms with Gasteiger partial charge in [-0.2, -0.15) is 0 Å².